The molecule has 1 aromatic rings. The molecule has 1 fully saturated rings. The highest BCUT2D eigenvalue weighted by molar-refractivity contribution is 5.94. The molecule has 0 aromatic heterocycles. The third-order valence-corrected chi connectivity index (χ3v) is 4.27. The van der Waals surface area contributed by atoms with Gasteiger partial charge in [-0.1, -0.05) is 6.92 Å². The number of hydrogen-bond donors (Lipinski definition) is 2. The first-order chi connectivity index (χ1) is 10.9. The molecule has 1 saturated heterocycles. The molecule has 23 heavy (non-hydrogen) atoms. The maximum absolute atomic E-state index is 12.4. The standard InChI is InChI=1S/C18H28N2O3/c1-13(2)23-15-6-5-14(11-16(15)22-4)17(21)20-12-18(3)7-9-19-10-8-18/h5-6,11,13,19H,7-10,12H2,1-4H3,(H,20,21). The summed E-state index contributed by atoms with van der Waals surface area (Å²) in [5.41, 5.74) is 0.765. The van der Waals surface area contributed by atoms with E-state index >= 15 is 0 Å². The van der Waals surface area contributed by atoms with E-state index in [0.717, 1.165) is 25.9 Å². The summed E-state index contributed by atoms with van der Waals surface area (Å²) in [7, 11) is 1.58. The van der Waals surface area contributed by atoms with Crippen LogP contribution in [0, 0.1) is 5.41 Å². The maximum Gasteiger partial charge on any atom is 0.251 e. The summed E-state index contributed by atoms with van der Waals surface area (Å²) in [6.07, 6.45) is 2.22. The van der Waals surface area contributed by atoms with Gasteiger partial charge < -0.3 is 20.1 Å². The molecule has 0 spiro atoms. The molecule has 0 atom stereocenters. The largest absolute Gasteiger partial charge is 0.493 e. The van der Waals surface area contributed by atoms with Crippen molar-refractivity contribution in [1.82, 2.24) is 10.6 Å². The SMILES string of the molecule is COc1cc(C(=O)NCC2(C)CCNCC2)ccc1OC(C)C. The van der Waals surface area contributed by atoms with Crippen LogP contribution < -0.4 is 20.1 Å². The van der Waals surface area contributed by atoms with Crippen LogP contribution in [-0.2, 0) is 0 Å². The number of amides is 1. The molecule has 2 rings (SSSR count). The first-order valence-corrected chi connectivity index (χ1v) is 8.27. The predicted molar refractivity (Wildman–Crippen MR) is 91.3 cm³/mol. The monoisotopic (exact) mass is 320 g/mol. The fraction of sp³-hybridized carbons (Fsp3) is 0.611. The van der Waals surface area contributed by atoms with Crippen molar-refractivity contribution < 1.29 is 14.3 Å². The average molecular weight is 320 g/mol. The number of nitrogens with one attached hydrogen (secondary N) is 2. The summed E-state index contributed by atoms with van der Waals surface area (Å²) in [6, 6.07) is 5.30. The van der Waals surface area contributed by atoms with Crippen LogP contribution >= 0.6 is 0 Å². The lowest BCUT2D eigenvalue weighted by atomic mass is 9.81. The highest BCUT2D eigenvalue weighted by Crippen LogP contribution is 2.30. The fourth-order valence-electron chi connectivity index (χ4n) is 2.76. The molecule has 2 N–H and O–H groups in total. The normalized spacial score (nSPS) is 16.9. The van der Waals surface area contributed by atoms with Gasteiger partial charge in [0.1, 0.15) is 0 Å². The van der Waals surface area contributed by atoms with Crippen LogP contribution in [0.25, 0.3) is 0 Å². The second-order valence-electron chi connectivity index (χ2n) is 6.78. The van der Waals surface area contributed by atoms with Gasteiger partial charge >= 0.3 is 0 Å². The van der Waals surface area contributed by atoms with Gasteiger partial charge in [-0.25, -0.2) is 0 Å². The molecule has 1 aliphatic heterocycles. The van der Waals surface area contributed by atoms with Crippen molar-refractivity contribution in [1.29, 1.82) is 0 Å². The molecule has 0 bridgehead atoms. The van der Waals surface area contributed by atoms with Gasteiger partial charge in [0.05, 0.1) is 13.2 Å². The zero-order valence-corrected chi connectivity index (χ0v) is 14.6. The van der Waals surface area contributed by atoms with E-state index in [1.165, 1.54) is 0 Å². The van der Waals surface area contributed by atoms with Gasteiger partial charge in [0.25, 0.3) is 5.91 Å². The zero-order valence-electron chi connectivity index (χ0n) is 14.6. The fourth-order valence-corrected chi connectivity index (χ4v) is 2.76. The average Bonchev–Trinajstić information content (AvgIpc) is 2.53. The summed E-state index contributed by atoms with van der Waals surface area (Å²) in [5, 5.41) is 6.41. The topological polar surface area (TPSA) is 59.6 Å². The Balaban J connectivity index is 2.01. The molecular weight excluding hydrogens is 292 g/mol. The van der Waals surface area contributed by atoms with Crippen LogP contribution in [0.2, 0.25) is 0 Å². The Kier molecular flexibility index (Phi) is 5.88. The van der Waals surface area contributed by atoms with E-state index in [1.807, 2.05) is 13.8 Å². The Bertz CT molecular complexity index is 537. The van der Waals surface area contributed by atoms with E-state index in [0.29, 0.717) is 23.6 Å². The summed E-state index contributed by atoms with van der Waals surface area (Å²) in [5.74, 6) is 1.17. The van der Waals surface area contributed by atoms with Gasteiger partial charge in [-0.2, -0.15) is 0 Å². The second-order valence-corrected chi connectivity index (χ2v) is 6.78. The quantitative estimate of drug-likeness (QED) is 0.846. The van der Waals surface area contributed by atoms with E-state index in [1.54, 1.807) is 25.3 Å². The molecular formula is C18H28N2O3. The number of ether oxygens (including phenoxy) is 2. The third-order valence-electron chi connectivity index (χ3n) is 4.27. The Morgan fingerprint density at radius 1 is 1.30 bits per heavy atom. The molecule has 0 radical (unpaired) electrons. The highest BCUT2D eigenvalue weighted by Gasteiger charge is 2.27. The lowest BCUT2D eigenvalue weighted by Crippen LogP contribution is -2.42. The lowest BCUT2D eigenvalue weighted by molar-refractivity contribution is 0.0922. The first-order valence-electron chi connectivity index (χ1n) is 8.27. The molecule has 5 heteroatoms. The van der Waals surface area contributed by atoms with Crippen LogP contribution in [0.4, 0.5) is 0 Å². The predicted octanol–water partition coefficient (Wildman–Crippen LogP) is 2.60. The molecule has 5 nitrogen and oxygen atoms in total. The zero-order chi connectivity index (χ0) is 16.9. The number of rotatable bonds is 6. The molecule has 128 valence electrons. The van der Waals surface area contributed by atoms with Crippen LogP contribution in [0.15, 0.2) is 18.2 Å². The lowest BCUT2D eigenvalue weighted by Gasteiger charge is -2.34. The number of methoxy groups -OCH3 is 1. The molecule has 1 amide bonds. The van der Waals surface area contributed by atoms with Crippen molar-refractivity contribution >= 4 is 5.91 Å². The molecule has 0 saturated carbocycles. The molecule has 0 unspecified atom stereocenters. The summed E-state index contributed by atoms with van der Waals surface area (Å²) in [4.78, 5) is 12.4. The van der Waals surface area contributed by atoms with Gasteiger partial charge in [0.15, 0.2) is 11.5 Å². The number of hydrogen-bond acceptors (Lipinski definition) is 4. The maximum atomic E-state index is 12.4. The Morgan fingerprint density at radius 2 is 2.00 bits per heavy atom. The molecule has 1 heterocycles. The van der Waals surface area contributed by atoms with Gasteiger partial charge in [-0.15, -0.1) is 0 Å². The van der Waals surface area contributed by atoms with E-state index < -0.39 is 0 Å². The van der Waals surface area contributed by atoms with Gasteiger partial charge in [-0.05, 0) is 63.4 Å². The van der Waals surface area contributed by atoms with Gasteiger partial charge in [0, 0.05) is 12.1 Å². The minimum absolute atomic E-state index is 0.0587. The van der Waals surface area contributed by atoms with Crippen LogP contribution in [0.1, 0.15) is 44.0 Å². The van der Waals surface area contributed by atoms with Crippen molar-refractivity contribution in [2.75, 3.05) is 26.7 Å². The Labute approximate surface area is 138 Å². The number of piperidine rings is 1. The number of benzene rings is 1. The van der Waals surface area contributed by atoms with Crippen LogP contribution in [-0.4, -0.2) is 38.8 Å². The minimum atomic E-state index is -0.0702. The first kappa shape index (κ1) is 17.6. The Hall–Kier alpha value is -1.75. The summed E-state index contributed by atoms with van der Waals surface area (Å²) >= 11 is 0. The minimum Gasteiger partial charge on any atom is -0.493 e. The molecule has 1 aliphatic rings. The van der Waals surface area contributed by atoms with E-state index in [-0.39, 0.29) is 17.4 Å². The van der Waals surface area contributed by atoms with Crippen molar-refractivity contribution in [3.05, 3.63) is 23.8 Å². The van der Waals surface area contributed by atoms with Crippen molar-refractivity contribution in [3.8, 4) is 11.5 Å². The van der Waals surface area contributed by atoms with Gasteiger partial charge in [0.2, 0.25) is 0 Å². The van der Waals surface area contributed by atoms with E-state index in [2.05, 4.69) is 17.6 Å². The Morgan fingerprint density at radius 3 is 2.61 bits per heavy atom. The van der Waals surface area contributed by atoms with Crippen molar-refractivity contribution in [3.63, 3.8) is 0 Å². The highest BCUT2D eigenvalue weighted by atomic mass is 16.5. The van der Waals surface area contributed by atoms with E-state index in [4.69, 9.17) is 9.47 Å². The third kappa shape index (κ3) is 4.86. The summed E-state index contributed by atoms with van der Waals surface area (Å²) < 4.78 is 11.0. The van der Waals surface area contributed by atoms with Crippen LogP contribution in [0.5, 0.6) is 11.5 Å². The van der Waals surface area contributed by atoms with Gasteiger partial charge in [-0.3, -0.25) is 4.79 Å². The number of carbonyl (C=O) groups excluding carboxylic acids is 1. The van der Waals surface area contributed by atoms with E-state index in [9.17, 15) is 4.79 Å². The van der Waals surface area contributed by atoms with Crippen molar-refractivity contribution in [2.45, 2.75) is 39.7 Å². The smallest absolute Gasteiger partial charge is 0.251 e. The molecule has 0 aliphatic carbocycles. The molecule has 1 aromatic carbocycles. The second kappa shape index (κ2) is 7.68. The van der Waals surface area contributed by atoms with Crippen molar-refractivity contribution in [2.24, 2.45) is 5.41 Å². The van der Waals surface area contributed by atoms with Crippen LogP contribution in [0.3, 0.4) is 0 Å². The number of carbonyl (C=O) groups is 1. The summed E-state index contributed by atoms with van der Waals surface area (Å²) in [6.45, 7) is 8.87.